The molecule has 1 heterocycles. The maximum absolute atomic E-state index is 12.5. The minimum absolute atomic E-state index is 0.0243. The number of hydrogen-bond acceptors (Lipinski definition) is 2. The number of halogens is 3. The van der Waals surface area contributed by atoms with Crippen molar-refractivity contribution in [2.45, 2.75) is 37.9 Å². The number of nitrogens with two attached hydrogens (primary N) is 1. The summed E-state index contributed by atoms with van der Waals surface area (Å²) >= 11 is 0. The van der Waals surface area contributed by atoms with Crippen molar-refractivity contribution in [2.75, 3.05) is 19.6 Å². The molecule has 0 aromatic carbocycles. The maximum atomic E-state index is 12.5. The molecule has 0 spiro atoms. The minimum Gasteiger partial charge on any atom is -0.318 e. The molecule has 0 atom stereocenters. The molecular weight excluding hydrogens is 193 g/mol. The summed E-state index contributed by atoms with van der Waals surface area (Å²) in [6.45, 7) is 3.82. The van der Waals surface area contributed by atoms with Gasteiger partial charge < -0.3 is 10.6 Å². The van der Waals surface area contributed by atoms with Gasteiger partial charge in [0.1, 0.15) is 5.54 Å². The van der Waals surface area contributed by atoms with Crippen LogP contribution in [0.25, 0.3) is 0 Å². The van der Waals surface area contributed by atoms with Crippen molar-refractivity contribution in [3.8, 4) is 0 Å². The smallest absolute Gasteiger partial charge is 0.318 e. The first-order valence-electron chi connectivity index (χ1n) is 4.97. The van der Waals surface area contributed by atoms with Gasteiger partial charge >= 0.3 is 6.18 Å². The van der Waals surface area contributed by atoms with Gasteiger partial charge in [0.25, 0.3) is 0 Å². The van der Waals surface area contributed by atoms with Crippen LogP contribution in [0.5, 0.6) is 0 Å². The van der Waals surface area contributed by atoms with Crippen LogP contribution < -0.4 is 5.73 Å². The highest BCUT2D eigenvalue weighted by Crippen LogP contribution is 2.36. The summed E-state index contributed by atoms with van der Waals surface area (Å²) in [6, 6.07) is 0. The van der Waals surface area contributed by atoms with E-state index in [1.165, 1.54) is 0 Å². The number of nitrogens with zero attached hydrogens (tertiary/aromatic N) is 1. The van der Waals surface area contributed by atoms with Crippen molar-refractivity contribution in [1.29, 1.82) is 0 Å². The molecule has 0 aromatic heterocycles. The molecule has 1 aliphatic heterocycles. The van der Waals surface area contributed by atoms with E-state index in [4.69, 9.17) is 5.73 Å². The molecule has 0 amide bonds. The molecule has 2 nitrogen and oxygen atoms in total. The van der Waals surface area contributed by atoms with Crippen LogP contribution in [0.3, 0.4) is 0 Å². The quantitative estimate of drug-likeness (QED) is 0.752. The van der Waals surface area contributed by atoms with Gasteiger partial charge in [-0.25, -0.2) is 0 Å². The molecule has 0 aromatic rings. The molecule has 0 saturated carbocycles. The standard InChI is InChI=1S/C9H17F3N2/c1-2-5-14-6-3-8(13,4-7-14)9(10,11)12/h2-7,13H2,1H3. The van der Waals surface area contributed by atoms with Gasteiger partial charge in [0.2, 0.25) is 0 Å². The van der Waals surface area contributed by atoms with Crippen LogP contribution in [-0.4, -0.2) is 36.2 Å². The van der Waals surface area contributed by atoms with Crippen LogP contribution in [0, 0.1) is 0 Å². The lowest BCUT2D eigenvalue weighted by atomic mass is 9.88. The Balaban J connectivity index is 2.49. The lowest BCUT2D eigenvalue weighted by Gasteiger charge is -2.40. The molecule has 1 rings (SSSR count). The zero-order valence-corrected chi connectivity index (χ0v) is 8.40. The van der Waals surface area contributed by atoms with Crippen molar-refractivity contribution < 1.29 is 13.2 Å². The zero-order valence-electron chi connectivity index (χ0n) is 8.40. The van der Waals surface area contributed by atoms with Gasteiger partial charge in [0, 0.05) is 13.1 Å². The lowest BCUT2D eigenvalue weighted by molar-refractivity contribution is -0.197. The molecule has 1 saturated heterocycles. The first-order chi connectivity index (χ1) is 6.39. The SMILES string of the molecule is CCCN1CCC(N)(C(F)(F)F)CC1. The molecule has 1 fully saturated rings. The molecule has 0 radical (unpaired) electrons. The Bertz CT molecular complexity index is 183. The average molecular weight is 210 g/mol. The fourth-order valence-electron chi connectivity index (χ4n) is 1.78. The van der Waals surface area contributed by atoms with Crippen LogP contribution in [0.1, 0.15) is 26.2 Å². The summed E-state index contributed by atoms with van der Waals surface area (Å²) in [5.41, 5.74) is 3.40. The Morgan fingerprint density at radius 2 is 1.79 bits per heavy atom. The van der Waals surface area contributed by atoms with E-state index in [9.17, 15) is 13.2 Å². The Morgan fingerprint density at radius 1 is 1.29 bits per heavy atom. The number of rotatable bonds is 2. The second-order valence-corrected chi connectivity index (χ2v) is 4.00. The Hall–Kier alpha value is -0.290. The van der Waals surface area contributed by atoms with Crippen LogP contribution >= 0.6 is 0 Å². The molecule has 14 heavy (non-hydrogen) atoms. The van der Waals surface area contributed by atoms with Gasteiger partial charge in [-0.3, -0.25) is 0 Å². The third-order valence-electron chi connectivity index (χ3n) is 2.85. The third-order valence-corrected chi connectivity index (χ3v) is 2.85. The summed E-state index contributed by atoms with van der Waals surface area (Å²) < 4.78 is 37.5. The van der Waals surface area contributed by atoms with E-state index in [-0.39, 0.29) is 12.8 Å². The number of likely N-dealkylation sites (tertiary alicyclic amines) is 1. The number of alkyl halides is 3. The van der Waals surface area contributed by atoms with E-state index in [1.807, 2.05) is 11.8 Å². The zero-order chi connectivity index (χ0) is 10.8. The van der Waals surface area contributed by atoms with Crippen molar-refractivity contribution in [1.82, 2.24) is 4.90 Å². The van der Waals surface area contributed by atoms with E-state index in [0.29, 0.717) is 13.1 Å². The molecule has 0 aliphatic carbocycles. The molecule has 1 aliphatic rings. The largest absolute Gasteiger partial charge is 0.406 e. The van der Waals surface area contributed by atoms with E-state index in [1.54, 1.807) is 0 Å². The van der Waals surface area contributed by atoms with Crippen molar-refractivity contribution in [3.63, 3.8) is 0 Å². The maximum Gasteiger partial charge on any atom is 0.406 e. The van der Waals surface area contributed by atoms with Gasteiger partial charge in [-0.05, 0) is 25.8 Å². The molecule has 2 N–H and O–H groups in total. The normalized spacial score (nSPS) is 23.8. The highest BCUT2D eigenvalue weighted by atomic mass is 19.4. The van der Waals surface area contributed by atoms with Gasteiger partial charge in [-0.2, -0.15) is 13.2 Å². The summed E-state index contributed by atoms with van der Waals surface area (Å²) in [5.74, 6) is 0. The Labute approximate surface area is 82.2 Å². The summed E-state index contributed by atoms with van der Waals surface area (Å²) in [6.07, 6.45) is -3.23. The van der Waals surface area contributed by atoms with Crippen LogP contribution in [0.4, 0.5) is 13.2 Å². The van der Waals surface area contributed by atoms with Crippen LogP contribution in [-0.2, 0) is 0 Å². The van der Waals surface area contributed by atoms with Crippen molar-refractivity contribution in [3.05, 3.63) is 0 Å². The van der Waals surface area contributed by atoms with Crippen molar-refractivity contribution in [2.24, 2.45) is 5.73 Å². The van der Waals surface area contributed by atoms with Gasteiger partial charge in [-0.1, -0.05) is 6.92 Å². The fourth-order valence-corrected chi connectivity index (χ4v) is 1.78. The molecule has 0 unspecified atom stereocenters. The molecule has 0 bridgehead atoms. The second-order valence-electron chi connectivity index (χ2n) is 4.00. The van der Waals surface area contributed by atoms with Crippen molar-refractivity contribution >= 4 is 0 Å². The summed E-state index contributed by atoms with van der Waals surface area (Å²) in [5, 5.41) is 0. The predicted octanol–water partition coefficient (Wildman–Crippen LogP) is 1.75. The molecule has 84 valence electrons. The van der Waals surface area contributed by atoms with Gasteiger partial charge in [0.15, 0.2) is 0 Å². The summed E-state index contributed by atoms with van der Waals surface area (Å²) in [4.78, 5) is 2.04. The van der Waals surface area contributed by atoms with E-state index in [0.717, 1.165) is 13.0 Å². The topological polar surface area (TPSA) is 29.3 Å². The Morgan fingerprint density at radius 3 is 2.14 bits per heavy atom. The van der Waals surface area contributed by atoms with E-state index in [2.05, 4.69) is 0 Å². The number of hydrogen-bond donors (Lipinski definition) is 1. The summed E-state index contributed by atoms with van der Waals surface area (Å²) in [7, 11) is 0. The van der Waals surface area contributed by atoms with E-state index < -0.39 is 11.7 Å². The first-order valence-corrected chi connectivity index (χ1v) is 4.97. The van der Waals surface area contributed by atoms with Gasteiger partial charge in [0.05, 0.1) is 0 Å². The molecular formula is C9H17F3N2. The predicted molar refractivity (Wildman–Crippen MR) is 48.9 cm³/mol. The minimum atomic E-state index is -4.26. The Kier molecular flexibility index (Phi) is 3.42. The average Bonchev–Trinajstić information content (AvgIpc) is 2.08. The second kappa shape index (κ2) is 4.06. The monoisotopic (exact) mass is 210 g/mol. The number of piperidine rings is 1. The fraction of sp³-hybridized carbons (Fsp3) is 1.00. The highest BCUT2D eigenvalue weighted by Gasteiger charge is 2.52. The van der Waals surface area contributed by atoms with Crippen LogP contribution in [0.15, 0.2) is 0 Å². The lowest BCUT2D eigenvalue weighted by Crippen LogP contribution is -2.59. The first kappa shape index (κ1) is 11.8. The van der Waals surface area contributed by atoms with Crippen LogP contribution in [0.2, 0.25) is 0 Å². The van der Waals surface area contributed by atoms with E-state index >= 15 is 0 Å². The third kappa shape index (κ3) is 2.39. The van der Waals surface area contributed by atoms with Gasteiger partial charge in [-0.15, -0.1) is 0 Å². The highest BCUT2D eigenvalue weighted by molar-refractivity contribution is 4.96. The molecule has 5 heteroatoms.